The van der Waals surface area contributed by atoms with Crippen molar-refractivity contribution in [2.75, 3.05) is 13.7 Å². The molecule has 25 heavy (non-hydrogen) atoms. The number of ether oxygens (including phenoxy) is 2. The lowest BCUT2D eigenvalue weighted by Gasteiger charge is -2.27. The third-order valence-electron chi connectivity index (χ3n) is 4.90. The zero-order valence-corrected chi connectivity index (χ0v) is 14.4. The predicted octanol–water partition coefficient (Wildman–Crippen LogP) is 3.93. The summed E-state index contributed by atoms with van der Waals surface area (Å²) in [6.45, 7) is -0.249. The summed E-state index contributed by atoms with van der Waals surface area (Å²) in [5.74, 6) is 0.0784. The van der Waals surface area contributed by atoms with Crippen molar-refractivity contribution in [3.8, 4) is 5.75 Å². The molecule has 0 atom stereocenters. The maximum absolute atomic E-state index is 12.8. The molecule has 0 N–H and O–H groups in total. The highest BCUT2D eigenvalue weighted by Crippen LogP contribution is 2.42. The molecule has 0 amide bonds. The molecule has 4 nitrogen and oxygen atoms in total. The summed E-state index contributed by atoms with van der Waals surface area (Å²) in [6, 6.07) is 16.6. The van der Waals surface area contributed by atoms with Crippen molar-refractivity contribution in [1.82, 2.24) is 0 Å². The smallest absolute Gasteiger partial charge is 0.317 e. The number of carbonyl (C=O) groups is 2. The first-order chi connectivity index (χ1) is 12.2. The van der Waals surface area contributed by atoms with Gasteiger partial charge in [0, 0.05) is 5.56 Å². The van der Waals surface area contributed by atoms with E-state index in [1.165, 1.54) is 0 Å². The Hall–Kier alpha value is -2.62. The van der Waals surface area contributed by atoms with Gasteiger partial charge in [-0.3, -0.25) is 9.59 Å². The molecule has 1 saturated carbocycles. The lowest BCUT2D eigenvalue weighted by molar-refractivity contribution is -0.149. The van der Waals surface area contributed by atoms with Crippen LogP contribution in [0.5, 0.6) is 5.75 Å². The van der Waals surface area contributed by atoms with Crippen LogP contribution in [0, 0.1) is 0 Å². The van der Waals surface area contributed by atoms with Crippen LogP contribution in [0.1, 0.15) is 41.6 Å². The second-order valence-electron chi connectivity index (χ2n) is 6.39. The van der Waals surface area contributed by atoms with Crippen molar-refractivity contribution in [2.24, 2.45) is 0 Å². The van der Waals surface area contributed by atoms with Gasteiger partial charge in [0.25, 0.3) is 0 Å². The second-order valence-corrected chi connectivity index (χ2v) is 6.39. The summed E-state index contributed by atoms with van der Waals surface area (Å²) in [5, 5.41) is 0. The van der Waals surface area contributed by atoms with Gasteiger partial charge in [-0.25, -0.2) is 0 Å². The van der Waals surface area contributed by atoms with Gasteiger partial charge < -0.3 is 9.47 Å². The number of hydrogen-bond donors (Lipinski definition) is 0. The Morgan fingerprint density at radius 1 is 1.00 bits per heavy atom. The van der Waals surface area contributed by atoms with Gasteiger partial charge in [0.2, 0.25) is 0 Å². The average Bonchev–Trinajstić information content (AvgIpc) is 3.17. The Labute approximate surface area is 147 Å². The molecule has 0 aromatic heterocycles. The summed E-state index contributed by atoms with van der Waals surface area (Å²) in [6.07, 6.45) is 3.52. The van der Waals surface area contributed by atoms with E-state index in [4.69, 9.17) is 9.47 Å². The molecule has 0 unspecified atom stereocenters. The van der Waals surface area contributed by atoms with Gasteiger partial charge in [-0.2, -0.15) is 0 Å². The van der Waals surface area contributed by atoms with Gasteiger partial charge in [0.15, 0.2) is 12.4 Å². The number of hydrogen-bond acceptors (Lipinski definition) is 4. The molecular weight excluding hydrogens is 316 g/mol. The van der Waals surface area contributed by atoms with E-state index in [9.17, 15) is 9.59 Å². The van der Waals surface area contributed by atoms with Gasteiger partial charge in [-0.05, 0) is 30.5 Å². The highest BCUT2D eigenvalue weighted by Gasteiger charge is 2.44. The Morgan fingerprint density at radius 2 is 1.72 bits per heavy atom. The van der Waals surface area contributed by atoms with E-state index in [0.717, 1.165) is 31.2 Å². The third kappa shape index (κ3) is 3.58. The molecule has 2 aromatic rings. The van der Waals surface area contributed by atoms with Crippen LogP contribution >= 0.6 is 0 Å². The zero-order valence-electron chi connectivity index (χ0n) is 14.4. The molecule has 0 aliphatic heterocycles. The second kappa shape index (κ2) is 7.51. The quantitative estimate of drug-likeness (QED) is 0.591. The summed E-state index contributed by atoms with van der Waals surface area (Å²) in [5.41, 5.74) is 0.842. The van der Waals surface area contributed by atoms with Crippen molar-refractivity contribution < 1.29 is 19.1 Å². The SMILES string of the molecule is COc1cccc(C(=O)COC(=O)C2(c3ccccc3)CCCC2)c1. The van der Waals surface area contributed by atoms with E-state index in [0.29, 0.717) is 11.3 Å². The van der Waals surface area contributed by atoms with Crippen molar-refractivity contribution in [3.63, 3.8) is 0 Å². The molecular formula is C21H22O4. The van der Waals surface area contributed by atoms with Crippen LogP contribution < -0.4 is 4.74 Å². The summed E-state index contributed by atoms with van der Waals surface area (Å²) >= 11 is 0. The van der Waals surface area contributed by atoms with E-state index in [1.54, 1.807) is 31.4 Å². The number of benzene rings is 2. The molecule has 1 aliphatic carbocycles. The minimum atomic E-state index is -0.615. The largest absolute Gasteiger partial charge is 0.497 e. The lowest BCUT2D eigenvalue weighted by Crippen LogP contribution is -2.35. The molecule has 3 rings (SSSR count). The van der Waals surface area contributed by atoms with Crippen LogP contribution in [-0.2, 0) is 14.9 Å². The molecule has 0 saturated heterocycles. The first-order valence-electron chi connectivity index (χ1n) is 8.56. The standard InChI is InChI=1S/C21H22O4/c1-24-18-11-7-8-16(14-18)19(22)15-25-20(23)21(12-5-6-13-21)17-9-3-2-4-10-17/h2-4,7-11,14H,5-6,12-13,15H2,1H3. The Bertz CT molecular complexity index is 746. The molecule has 1 fully saturated rings. The number of Topliss-reactive ketones (excluding diaryl/α,β-unsaturated/α-hetero) is 1. The van der Waals surface area contributed by atoms with Crippen molar-refractivity contribution >= 4 is 11.8 Å². The highest BCUT2D eigenvalue weighted by molar-refractivity contribution is 5.98. The molecule has 1 aliphatic rings. The van der Waals surface area contributed by atoms with Crippen LogP contribution in [0.2, 0.25) is 0 Å². The van der Waals surface area contributed by atoms with Crippen LogP contribution in [0.15, 0.2) is 54.6 Å². The van der Waals surface area contributed by atoms with Crippen LogP contribution in [0.25, 0.3) is 0 Å². The van der Waals surface area contributed by atoms with Gasteiger partial charge in [0.1, 0.15) is 5.75 Å². The maximum atomic E-state index is 12.8. The zero-order chi connectivity index (χ0) is 17.7. The molecule has 0 bridgehead atoms. The van der Waals surface area contributed by atoms with Gasteiger partial charge >= 0.3 is 5.97 Å². The Balaban J connectivity index is 1.71. The number of ketones is 1. The first kappa shape index (κ1) is 17.2. The Kier molecular flexibility index (Phi) is 5.17. The monoisotopic (exact) mass is 338 g/mol. The summed E-state index contributed by atoms with van der Waals surface area (Å²) in [4.78, 5) is 25.2. The van der Waals surface area contributed by atoms with Crippen molar-refractivity contribution in [3.05, 3.63) is 65.7 Å². The number of rotatable bonds is 6. The molecule has 2 aromatic carbocycles. The van der Waals surface area contributed by atoms with Gasteiger partial charge in [0.05, 0.1) is 12.5 Å². The number of methoxy groups -OCH3 is 1. The van der Waals surface area contributed by atoms with Crippen LogP contribution in [0.4, 0.5) is 0 Å². The fourth-order valence-electron chi connectivity index (χ4n) is 3.50. The molecule has 0 spiro atoms. The van der Waals surface area contributed by atoms with E-state index >= 15 is 0 Å². The van der Waals surface area contributed by atoms with Crippen LogP contribution in [0.3, 0.4) is 0 Å². The van der Waals surface area contributed by atoms with E-state index < -0.39 is 5.41 Å². The van der Waals surface area contributed by atoms with Gasteiger partial charge in [-0.15, -0.1) is 0 Å². The van der Waals surface area contributed by atoms with Crippen molar-refractivity contribution in [2.45, 2.75) is 31.1 Å². The van der Waals surface area contributed by atoms with E-state index in [2.05, 4.69) is 0 Å². The fourth-order valence-corrected chi connectivity index (χ4v) is 3.50. The number of esters is 1. The molecule has 0 heterocycles. The maximum Gasteiger partial charge on any atom is 0.317 e. The first-order valence-corrected chi connectivity index (χ1v) is 8.56. The van der Waals surface area contributed by atoms with E-state index in [1.807, 2.05) is 30.3 Å². The fraction of sp³-hybridized carbons (Fsp3) is 0.333. The topological polar surface area (TPSA) is 52.6 Å². The third-order valence-corrected chi connectivity index (χ3v) is 4.90. The minimum Gasteiger partial charge on any atom is -0.497 e. The minimum absolute atomic E-state index is 0.228. The predicted molar refractivity (Wildman–Crippen MR) is 94.9 cm³/mol. The van der Waals surface area contributed by atoms with Crippen LogP contribution in [-0.4, -0.2) is 25.5 Å². The molecule has 0 radical (unpaired) electrons. The van der Waals surface area contributed by atoms with Gasteiger partial charge in [-0.1, -0.05) is 55.3 Å². The normalized spacial score (nSPS) is 15.6. The molecule has 4 heteroatoms. The van der Waals surface area contributed by atoms with E-state index in [-0.39, 0.29) is 18.4 Å². The highest BCUT2D eigenvalue weighted by atomic mass is 16.5. The Morgan fingerprint density at radius 3 is 2.40 bits per heavy atom. The summed E-state index contributed by atoms with van der Waals surface area (Å²) < 4.78 is 10.6. The average molecular weight is 338 g/mol. The number of carbonyl (C=O) groups excluding carboxylic acids is 2. The summed E-state index contributed by atoms with van der Waals surface area (Å²) in [7, 11) is 1.55. The lowest BCUT2D eigenvalue weighted by atomic mass is 9.79. The molecule has 130 valence electrons. The van der Waals surface area contributed by atoms with Crippen molar-refractivity contribution in [1.29, 1.82) is 0 Å².